The van der Waals surface area contributed by atoms with Crippen molar-refractivity contribution in [2.75, 3.05) is 18.4 Å². The summed E-state index contributed by atoms with van der Waals surface area (Å²) in [6.45, 7) is 5.22. The molecule has 0 saturated carbocycles. The van der Waals surface area contributed by atoms with Crippen molar-refractivity contribution in [3.05, 3.63) is 76.2 Å². The predicted molar refractivity (Wildman–Crippen MR) is 124 cm³/mol. The van der Waals surface area contributed by atoms with Crippen molar-refractivity contribution in [3.8, 4) is 0 Å². The van der Waals surface area contributed by atoms with Gasteiger partial charge in [-0.1, -0.05) is 55.5 Å². The van der Waals surface area contributed by atoms with Crippen LogP contribution in [0.25, 0.3) is 21.5 Å². The number of nitrogens with one attached hydrogen (secondary N) is 2. The van der Waals surface area contributed by atoms with Crippen molar-refractivity contribution in [1.82, 2.24) is 10.2 Å². The topological polar surface area (TPSA) is 44.4 Å². The van der Waals surface area contributed by atoms with E-state index < -0.39 is 0 Å². The zero-order chi connectivity index (χ0) is 20.2. The molecule has 2 N–H and O–H groups in total. The summed E-state index contributed by atoms with van der Waals surface area (Å²) in [7, 11) is 0. The van der Waals surface area contributed by atoms with Crippen LogP contribution < -0.4 is 10.6 Å². The molecule has 0 spiro atoms. The number of hydrogen-bond donors (Lipinski definition) is 2. The molecule has 0 saturated heterocycles. The molecule has 0 radical (unpaired) electrons. The lowest BCUT2D eigenvalue weighted by atomic mass is 9.93. The van der Waals surface area contributed by atoms with Gasteiger partial charge in [0, 0.05) is 23.5 Å². The normalized spacial score (nSPS) is 18.7. The fourth-order valence-electron chi connectivity index (χ4n) is 4.94. The number of hydrogen-bond acceptors (Lipinski definition) is 4. The molecule has 0 fully saturated rings. The van der Waals surface area contributed by atoms with E-state index in [1.54, 1.807) is 11.3 Å². The molecule has 0 bridgehead atoms. The van der Waals surface area contributed by atoms with Crippen LogP contribution in [0.3, 0.4) is 0 Å². The molecule has 1 atom stereocenters. The lowest BCUT2D eigenvalue weighted by molar-refractivity contribution is 0.0935. The van der Waals surface area contributed by atoms with E-state index in [9.17, 15) is 4.79 Å². The van der Waals surface area contributed by atoms with Gasteiger partial charge in [-0.2, -0.15) is 0 Å². The fourth-order valence-corrected chi connectivity index (χ4v) is 6.26. The highest BCUT2D eigenvalue weighted by atomic mass is 32.1. The Balaban J connectivity index is 1.50. The van der Waals surface area contributed by atoms with Crippen molar-refractivity contribution in [2.24, 2.45) is 0 Å². The smallest absolute Gasteiger partial charge is 0.256 e. The summed E-state index contributed by atoms with van der Waals surface area (Å²) in [6, 6.07) is 19.1. The standard InChI is InChI=1S/C25H23N3OS/c1-2-28-12-11-19-20(14-28)30-25-22(19)24(29)26-23(27-25)21-17-9-5-3-7-15(17)13-16-8-4-6-10-18(16)21/h3-10,13,23,27H,2,11-12,14H2,1H3,(H,26,29)/t23-/m0/s1. The molecule has 0 unspecified atom stereocenters. The molecule has 30 heavy (non-hydrogen) atoms. The minimum atomic E-state index is -0.247. The third kappa shape index (κ3) is 2.66. The predicted octanol–water partition coefficient (Wildman–Crippen LogP) is 5.29. The molecule has 0 aliphatic carbocycles. The second-order valence-electron chi connectivity index (χ2n) is 8.11. The van der Waals surface area contributed by atoms with E-state index >= 15 is 0 Å². The first-order valence-electron chi connectivity index (χ1n) is 10.6. The van der Waals surface area contributed by atoms with Crippen LogP contribution in [0.1, 0.15) is 39.5 Å². The van der Waals surface area contributed by atoms with Crippen LogP contribution in [0.15, 0.2) is 54.6 Å². The van der Waals surface area contributed by atoms with Crippen LogP contribution in [0, 0.1) is 0 Å². The largest absolute Gasteiger partial charge is 0.353 e. The van der Waals surface area contributed by atoms with Crippen LogP contribution >= 0.6 is 11.3 Å². The highest BCUT2D eigenvalue weighted by Gasteiger charge is 2.34. The molecule has 4 nitrogen and oxygen atoms in total. The minimum Gasteiger partial charge on any atom is -0.353 e. The van der Waals surface area contributed by atoms with Gasteiger partial charge in [-0.3, -0.25) is 9.69 Å². The number of fused-ring (bicyclic) bond motifs is 5. The van der Waals surface area contributed by atoms with E-state index in [2.05, 4.69) is 77.1 Å². The van der Waals surface area contributed by atoms with Crippen LogP contribution in [-0.4, -0.2) is 23.9 Å². The Labute approximate surface area is 179 Å². The Morgan fingerprint density at radius 2 is 1.73 bits per heavy atom. The molecule has 2 aliphatic rings. The van der Waals surface area contributed by atoms with Crippen LogP contribution in [0.5, 0.6) is 0 Å². The van der Waals surface area contributed by atoms with E-state index in [1.807, 2.05) is 0 Å². The molecule has 2 aliphatic heterocycles. The number of nitrogens with zero attached hydrogens (tertiary/aromatic N) is 1. The summed E-state index contributed by atoms with van der Waals surface area (Å²) in [4.78, 5) is 17.0. The van der Waals surface area contributed by atoms with Crippen molar-refractivity contribution in [3.63, 3.8) is 0 Å². The summed E-state index contributed by atoms with van der Waals surface area (Å²) in [6.07, 6.45) is 0.703. The highest BCUT2D eigenvalue weighted by molar-refractivity contribution is 7.16. The quantitative estimate of drug-likeness (QED) is 0.439. The average molecular weight is 414 g/mol. The maximum Gasteiger partial charge on any atom is 0.256 e. The van der Waals surface area contributed by atoms with E-state index in [1.165, 1.54) is 32.0 Å². The summed E-state index contributed by atoms with van der Waals surface area (Å²) < 4.78 is 0. The number of thiophene rings is 1. The molecule has 3 aromatic carbocycles. The highest BCUT2D eigenvalue weighted by Crippen LogP contribution is 2.42. The SMILES string of the molecule is CCN1CCc2c(sc3c2C(=O)N[C@H](c2c4ccccc4cc4ccccc24)N3)C1. The van der Waals surface area contributed by atoms with Crippen molar-refractivity contribution in [2.45, 2.75) is 26.1 Å². The van der Waals surface area contributed by atoms with Gasteiger partial charge in [0.2, 0.25) is 0 Å². The summed E-state index contributed by atoms with van der Waals surface area (Å²) in [5.74, 6) is 0.0493. The Morgan fingerprint density at radius 1 is 1.03 bits per heavy atom. The second-order valence-corrected chi connectivity index (χ2v) is 9.22. The minimum absolute atomic E-state index is 0.0493. The van der Waals surface area contributed by atoms with E-state index in [0.717, 1.165) is 42.2 Å². The van der Waals surface area contributed by atoms with Gasteiger partial charge in [0.15, 0.2) is 0 Å². The van der Waals surface area contributed by atoms with Gasteiger partial charge in [0.05, 0.1) is 5.56 Å². The van der Waals surface area contributed by atoms with Gasteiger partial charge in [-0.15, -0.1) is 11.3 Å². The van der Waals surface area contributed by atoms with Crippen LogP contribution in [0.2, 0.25) is 0 Å². The van der Waals surface area contributed by atoms with Gasteiger partial charge in [0.25, 0.3) is 5.91 Å². The zero-order valence-electron chi connectivity index (χ0n) is 16.9. The number of likely N-dealkylation sites (N-methyl/N-ethyl adjacent to an activating group) is 1. The van der Waals surface area contributed by atoms with Gasteiger partial charge >= 0.3 is 0 Å². The molecule has 6 rings (SSSR count). The third-order valence-corrected chi connectivity index (χ3v) is 7.61. The molecule has 5 heteroatoms. The number of carbonyl (C=O) groups is 1. The van der Waals surface area contributed by atoms with E-state index in [4.69, 9.17) is 0 Å². The maximum absolute atomic E-state index is 13.3. The first kappa shape index (κ1) is 17.9. The number of amides is 1. The lowest BCUT2D eigenvalue weighted by Crippen LogP contribution is -2.39. The average Bonchev–Trinajstić information content (AvgIpc) is 3.15. The molecule has 1 aromatic heterocycles. The van der Waals surface area contributed by atoms with E-state index in [0.29, 0.717) is 0 Å². The third-order valence-electron chi connectivity index (χ3n) is 6.46. The van der Waals surface area contributed by atoms with E-state index in [-0.39, 0.29) is 12.1 Å². The molecular formula is C25H23N3OS. The molecule has 4 aromatic rings. The zero-order valence-corrected chi connectivity index (χ0v) is 17.7. The van der Waals surface area contributed by atoms with Gasteiger partial charge in [-0.25, -0.2) is 0 Å². The molecule has 150 valence electrons. The van der Waals surface area contributed by atoms with Crippen molar-refractivity contribution >= 4 is 43.8 Å². The Bertz CT molecular complexity index is 1250. The fraction of sp³-hybridized carbons (Fsp3) is 0.240. The van der Waals surface area contributed by atoms with Crippen LogP contribution in [0.4, 0.5) is 5.00 Å². The molecular weight excluding hydrogens is 390 g/mol. The van der Waals surface area contributed by atoms with Gasteiger partial charge in [0.1, 0.15) is 11.2 Å². The van der Waals surface area contributed by atoms with Crippen molar-refractivity contribution in [1.29, 1.82) is 0 Å². The monoisotopic (exact) mass is 413 g/mol. The first-order chi connectivity index (χ1) is 14.7. The molecule has 3 heterocycles. The summed E-state index contributed by atoms with van der Waals surface area (Å²) >= 11 is 1.76. The van der Waals surface area contributed by atoms with Crippen molar-refractivity contribution < 1.29 is 4.79 Å². The first-order valence-corrected chi connectivity index (χ1v) is 11.4. The second kappa shape index (κ2) is 6.83. The number of benzene rings is 3. The number of rotatable bonds is 2. The number of anilines is 1. The van der Waals surface area contributed by atoms with Gasteiger partial charge in [-0.05, 0) is 46.1 Å². The van der Waals surface area contributed by atoms with Gasteiger partial charge < -0.3 is 10.6 Å². The maximum atomic E-state index is 13.3. The number of carbonyl (C=O) groups excluding carboxylic acids is 1. The summed E-state index contributed by atoms with van der Waals surface area (Å²) in [5.41, 5.74) is 3.25. The Hall–Kier alpha value is -2.89. The summed E-state index contributed by atoms with van der Waals surface area (Å²) in [5, 5.41) is 12.7. The Morgan fingerprint density at radius 3 is 2.43 bits per heavy atom. The molecule has 1 amide bonds. The van der Waals surface area contributed by atoms with Crippen LogP contribution in [-0.2, 0) is 13.0 Å². The Kier molecular flexibility index (Phi) is 4.08. The lowest BCUT2D eigenvalue weighted by Gasteiger charge is -2.29.